The number of methoxy groups -OCH3 is 1. The fourth-order valence-electron chi connectivity index (χ4n) is 1.84. The van der Waals surface area contributed by atoms with Gasteiger partial charge < -0.3 is 13.9 Å². The second kappa shape index (κ2) is 7.38. The number of ether oxygens (including phenoxy) is 2. The second-order valence-corrected chi connectivity index (χ2v) is 4.49. The van der Waals surface area contributed by atoms with Crippen LogP contribution in [0.15, 0.2) is 47.3 Å². The summed E-state index contributed by atoms with van der Waals surface area (Å²) in [6.45, 7) is 0.276. The maximum atomic E-state index is 11.6. The SMILES string of the molecule is COc1ccc(CCCC(=O)OCc2ccoc2)cc1. The summed E-state index contributed by atoms with van der Waals surface area (Å²) in [7, 11) is 1.64. The quantitative estimate of drug-likeness (QED) is 0.726. The molecule has 1 aromatic carbocycles. The first-order chi connectivity index (χ1) is 9.78. The minimum absolute atomic E-state index is 0.181. The molecule has 1 heterocycles. The van der Waals surface area contributed by atoms with Gasteiger partial charge in [-0.3, -0.25) is 4.79 Å². The molecule has 0 bridgehead atoms. The molecule has 0 N–H and O–H groups in total. The molecule has 0 aliphatic rings. The van der Waals surface area contributed by atoms with Crippen molar-refractivity contribution in [2.45, 2.75) is 25.9 Å². The van der Waals surface area contributed by atoms with Crippen LogP contribution in [-0.2, 0) is 22.6 Å². The van der Waals surface area contributed by atoms with Crippen molar-refractivity contribution in [1.82, 2.24) is 0 Å². The molecule has 0 amide bonds. The lowest BCUT2D eigenvalue weighted by Gasteiger charge is -2.04. The Bertz CT molecular complexity index is 514. The van der Waals surface area contributed by atoms with Crippen molar-refractivity contribution < 1.29 is 18.7 Å². The second-order valence-electron chi connectivity index (χ2n) is 4.49. The predicted molar refractivity (Wildman–Crippen MR) is 74.4 cm³/mol. The number of hydrogen-bond donors (Lipinski definition) is 0. The molecule has 0 aliphatic heterocycles. The molecule has 0 unspecified atom stereocenters. The molecule has 4 heteroatoms. The van der Waals surface area contributed by atoms with E-state index in [1.807, 2.05) is 24.3 Å². The van der Waals surface area contributed by atoms with Crippen LogP contribution in [0.2, 0.25) is 0 Å². The van der Waals surface area contributed by atoms with Crippen LogP contribution in [0.1, 0.15) is 24.0 Å². The topological polar surface area (TPSA) is 48.7 Å². The summed E-state index contributed by atoms with van der Waals surface area (Å²) in [6, 6.07) is 9.65. The van der Waals surface area contributed by atoms with Gasteiger partial charge in [-0.05, 0) is 36.6 Å². The van der Waals surface area contributed by atoms with Crippen molar-refractivity contribution in [1.29, 1.82) is 0 Å². The normalized spacial score (nSPS) is 10.2. The van der Waals surface area contributed by atoms with Gasteiger partial charge in [-0.25, -0.2) is 0 Å². The molecule has 0 aliphatic carbocycles. The van der Waals surface area contributed by atoms with Crippen LogP contribution in [0, 0.1) is 0 Å². The van der Waals surface area contributed by atoms with Crippen molar-refractivity contribution in [3.63, 3.8) is 0 Å². The molecule has 0 fully saturated rings. The molecular formula is C16H18O4. The summed E-state index contributed by atoms with van der Waals surface area (Å²) in [6.07, 6.45) is 5.18. The fraction of sp³-hybridized carbons (Fsp3) is 0.312. The van der Waals surface area contributed by atoms with Gasteiger partial charge in [0.05, 0.1) is 19.6 Å². The highest BCUT2D eigenvalue weighted by atomic mass is 16.5. The first kappa shape index (κ1) is 14.2. The lowest BCUT2D eigenvalue weighted by molar-refractivity contribution is -0.145. The average molecular weight is 274 g/mol. The van der Waals surface area contributed by atoms with E-state index in [-0.39, 0.29) is 12.6 Å². The summed E-state index contributed by atoms with van der Waals surface area (Å²) >= 11 is 0. The lowest BCUT2D eigenvalue weighted by Crippen LogP contribution is -2.04. The Kier molecular flexibility index (Phi) is 5.24. The van der Waals surface area contributed by atoms with E-state index >= 15 is 0 Å². The van der Waals surface area contributed by atoms with Crippen molar-refractivity contribution in [3.05, 3.63) is 54.0 Å². The van der Waals surface area contributed by atoms with Gasteiger partial charge in [0.15, 0.2) is 0 Å². The third-order valence-electron chi connectivity index (χ3n) is 2.99. The number of hydrogen-bond acceptors (Lipinski definition) is 4. The Balaban J connectivity index is 1.65. The number of carbonyl (C=O) groups is 1. The minimum atomic E-state index is -0.181. The first-order valence-electron chi connectivity index (χ1n) is 6.57. The first-order valence-corrected chi connectivity index (χ1v) is 6.57. The van der Waals surface area contributed by atoms with Crippen molar-refractivity contribution in [2.24, 2.45) is 0 Å². The van der Waals surface area contributed by atoms with Crippen LogP contribution in [0.5, 0.6) is 5.75 Å². The van der Waals surface area contributed by atoms with Crippen LogP contribution in [0.4, 0.5) is 0 Å². The summed E-state index contributed by atoms with van der Waals surface area (Å²) in [5.41, 5.74) is 2.06. The lowest BCUT2D eigenvalue weighted by atomic mass is 10.1. The van der Waals surface area contributed by atoms with Gasteiger partial charge in [0, 0.05) is 12.0 Å². The van der Waals surface area contributed by atoms with Gasteiger partial charge in [0.1, 0.15) is 12.4 Å². The van der Waals surface area contributed by atoms with Gasteiger partial charge in [-0.2, -0.15) is 0 Å². The molecule has 0 saturated carbocycles. The molecule has 20 heavy (non-hydrogen) atoms. The van der Waals surface area contributed by atoms with Gasteiger partial charge in [-0.1, -0.05) is 12.1 Å². The van der Waals surface area contributed by atoms with E-state index in [4.69, 9.17) is 13.9 Å². The van der Waals surface area contributed by atoms with E-state index < -0.39 is 0 Å². The number of esters is 1. The van der Waals surface area contributed by atoms with E-state index in [0.29, 0.717) is 6.42 Å². The van der Waals surface area contributed by atoms with E-state index in [0.717, 1.165) is 24.2 Å². The smallest absolute Gasteiger partial charge is 0.306 e. The van der Waals surface area contributed by atoms with Gasteiger partial charge in [-0.15, -0.1) is 0 Å². The minimum Gasteiger partial charge on any atom is -0.497 e. The number of carbonyl (C=O) groups excluding carboxylic acids is 1. The van der Waals surface area contributed by atoms with E-state index in [2.05, 4.69) is 0 Å². The third kappa shape index (κ3) is 4.46. The number of rotatable bonds is 7. The molecule has 0 spiro atoms. The summed E-state index contributed by atoms with van der Waals surface area (Å²) in [4.78, 5) is 11.6. The zero-order valence-corrected chi connectivity index (χ0v) is 11.5. The van der Waals surface area contributed by atoms with Crippen molar-refractivity contribution in [3.8, 4) is 5.75 Å². The molecule has 106 valence electrons. The van der Waals surface area contributed by atoms with Gasteiger partial charge in [0.2, 0.25) is 0 Å². The van der Waals surface area contributed by atoms with Crippen LogP contribution < -0.4 is 4.74 Å². The average Bonchev–Trinajstić information content (AvgIpc) is 2.99. The maximum Gasteiger partial charge on any atom is 0.306 e. The largest absolute Gasteiger partial charge is 0.497 e. The monoisotopic (exact) mass is 274 g/mol. The van der Waals surface area contributed by atoms with Crippen LogP contribution in [-0.4, -0.2) is 13.1 Å². The van der Waals surface area contributed by atoms with Crippen molar-refractivity contribution in [2.75, 3.05) is 7.11 Å². The summed E-state index contributed by atoms with van der Waals surface area (Å²) < 4.78 is 15.1. The molecule has 0 atom stereocenters. The maximum absolute atomic E-state index is 11.6. The van der Waals surface area contributed by atoms with Crippen LogP contribution >= 0.6 is 0 Å². The predicted octanol–water partition coefficient (Wildman–Crippen LogP) is 3.35. The Morgan fingerprint density at radius 3 is 2.60 bits per heavy atom. The fourth-order valence-corrected chi connectivity index (χ4v) is 1.84. The summed E-state index contributed by atoms with van der Waals surface area (Å²) in [5, 5.41) is 0. The Morgan fingerprint density at radius 2 is 1.95 bits per heavy atom. The zero-order chi connectivity index (χ0) is 14.2. The standard InChI is InChI=1S/C16H18O4/c1-18-15-7-5-13(6-8-15)3-2-4-16(17)20-12-14-9-10-19-11-14/h5-11H,2-4,12H2,1H3. The Morgan fingerprint density at radius 1 is 1.15 bits per heavy atom. The molecule has 1 aromatic heterocycles. The zero-order valence-electron chi connectivity index (χ0n) is 11.5. The van der Waals surface area contributed by atoms with E-state index in [9.17, 15) is 4.79 Å². The number of aryl methyl sites for hydroxylation is 1. The number of furan rings is 1. The van der Waals surface area contributed by atoms with E-state index in [1.165, 1.54) is 5.56 Å². The highest BCUT2D eigenvalue weighted by Crippen LogP contribution is 2.13. The van der Waals surface area contributed by atoms with Crippen molar-refractivity contribution >= 4 is 5.97 Å². The highest BCUT2D eigenvalue weighted by Gasteiger charge is 2.04. The molecular weight excluding hydrogens is 256 g/mol. The van der Waals surface area contributed by atoms with Gasteiger partial charge in [0.25, 0.3) is 0 Å². The van der Waals surface area contributed by atoms with Gasteiger partial charge >= 0.3 is 5.97 Å². The molecule has 0 radical (unpaired) electrons. The molecule has 4 nitrogen and oxygen atoms in total. The molecule has 2 rings (SSSR count). The van der Waals surface area contributed by atoms with Crippen LogP contribution in [0.25, 0.3) is 0 Å². The third-order valence-corrected chi connectivity index (χ3v) is 2.99. The Labute approximate surface area is 118 Å². The summed E-state index contributed by atoms with van der Waals surface area (Å²) in [5.74, 6) is 0.660. The highest BCUT2D eigenvalue weighted by molar-refractivity contribution is 5.69. The van der Waals surface area contributed by atoms with E-state index in [1.54, 1.807) is 25.7 Å². The number of benzene rings is 1. The molecule has 0 saturated heterocycles. The van der Waals surface area contributed by atoms with Crippen LogP contribution in [0.3, 0.4) is 0 Å². The Hall–Kier alpha value is -2.23. The molecule has 2 aromatic rings.